The molecular formula is C16H29O+. The van der Waals surface area contributed by atoms with Crippen molar-refractivity contribution >= 4 is 5.78 Å². The normalized spacial score (nSPS) is 22.1. The lowest BCUT2D eigenvalue weighted by atomic mass is 9.74. The number of ketones is 1. The van der Waals surface area contributed by atoms with E-state index in [1.54, 1.807) is 0 Å². The Labute approximate surface area is 107 Å². The van der Waals surface area contributed by atoms with Crippen LogP contribution in [-0.4, -0.2) is 5.78 Å². The Balaban J connectivity index is 2.46. The van der Waals surface area contributed by atoms with Crippen molar-refractivity contribution in [2.24, 2.45) is 23.2 Å². The molecule has 1 aliphatic carbocycles. The van der Waals surface area contributed by atoms with Gasteiger partial charge in [0.1, 0.15) is 0 Å². The summed E-state index contributed by atoms with van der Waals surface area (Å²) in [5.74, 6) is 1.44. The van der Waals surface area contributed by atoms with E-state index in [-0.39, 0.29) is 11.3 Å². The molecule has 0 aliphatic heterocycles. The highest BCUT2D eigenvalue weighted by molar-refractivity contribution is 5.82. The van der Waals surface area contributed by atoms with Gasteiger partial charge in [-0.25, -0.2) is 0 Å². The summed E-state index contributed by atoms with van der Waals surface area (Å²) in [4.78, 5) is 12.2. The monoisotopic (exact) mass is 237 g/mol. The first-order valence-electron chi connectivity index (χ1n) is 7.18. The van der Waals surface area contributed by atoms with E-state index < -0.39 is 0 Å². The Morgan fingerprint density at radius 3 is 2.24 bits per heavy atom. The van der Waals surface area contributed by atoms with Crippen molar-refractivity contribution in [1.29, 1.82) is 0 Å². The molecule has 1 nitrogen and oxygen atoms in total. The predicted octanol–water partition coefficient (Wildman–Crippen LogP) is 4.66. The quantitative estimate of drug-likeness (QED) is 0.650. The average Bonchev–Trinajstić information content (AvgIpc) is 2.27. The van der Waals surface area contributed by atoms with Crippen LogP contribution in [0, 0.1) is 30.1 Å². The van der Waals surface area contributed by atoms with Crippen molar-refractivity contribution in [3.8, 4) is 0 Å². The lowest BCUT2D eigenvalue weighted by Crippen LogP contribution is -2.28. The summed E-state index contributed by atoms with van der Waals surface area (Å²) >= 11 is 0. The van der Waals surface area contributed by atoms with Crippen molar-refractivity contribution < 1.29 is 4.79 Å². The summed E-state index contributed by atoms with van der Waals surface area (Å²) in [7, 11) is 0. The molecule has 1 fully saturated rings. The molecule has 0 N–H and O–H groups in total. The largest absolute Gasteiger partial charge is 0.295 e. The summed E-state index contributed by atoms with van der Waals surface area (Å²) in [6, 6.07) is 0. The molecule has 17 heavy (non-hydrogen) atoms. The van der Waals surface area contributed by atoms with Gasteiger partial charge in [0.25, 0.3) is 0 Å². The van der Waals surface area contributed by atoms with Crippen LogP contribution >= 0.6 is 0 Å². The van der Waals surface area contributed by atoms with Gasteiger partial charge in [-0.1, -0.05) is 47.0 Å². The molecule has 0 aromatic heterocycles. The summed E-state index contributed by atoms with van der Waals surface area (Å²) in [6.07, 6.45) is 7.05. The number of hydrogen-bond donors (Lipinski definition) is 0. The van der Waals surface area contributed by atoms with Gasteiger partial charge in [0.15, 0.2) is 11.7 Å². The molecule has 0 spiro atoms. The van der Waals surface area contributed by atoms with E-state index in [2.05, 4.69) is 34.6 Å². The molecule has 2 atom stereocenters. The number of rotatable bonds is 4. The number of carbonyl (C=O) groups excluding carboxylic acids is 1. The van der Waals surface area contributed by atoms with Gasteiger partial charge in [0.05, 0.1) is 6.92 Å². The van der Waals surface area contributed by atoms with Crippen molar-refractivity contribution in [1.82, 2.24) is 0 Å². The van der Waals surface area contributed by atoms with Crippen LogP contribution in [0.2, 0.25) is 0 Å². The van der Waals surface area contributed by atoms with Crippen LogP contribution in [0.4, 0.5) is 0 Å². The van der Waals surface area contributed by atoms with Gasteiger partial charge >= 0.3 is 0 Å². The third kappa shape index (κ3) is 4.37. The molecule has 0 heterocycles. The minimum absolute atomic E-state index is 0.0418. The molecule has 1 heteroatoms. The van der Waals surface area contributed by atoms with E-state index in [9.17, 15) is 4.79 Å². The number of Topliss-reactive ketones (excluding diaryl/α,β-unsaturated/α-hetero) is 1. The Morgan fingerprint density at radius 2 is 1.76 bits per heavy atom. The number of hydrogen-bond acceptors (Lipinski definition) is 1. The maximum atomic E-state index is 12.2. The Kier molecular flexibility index (Phi) is 5.09. The second-order valence-electron chi connectivity index (χ2n) is 6.94. The van der Waals surface area contributed by atoms with Crippen LogP contribution in [0.25, 0.3) is 0 Å². The smallest absolute Gasteiger partial charge is 0.180 e. The van der Waals surface area contributed by atoms with Gasteiger partial charge in [-0.05, 0) is 24.2 Å². The average molecular weight is 237 g/mol. The molecule has 0 radical (unpaired) electrons. The van der Waals surface area contributed by atoms with Crippen LogP contribution < -0.4 is 0 Å². The fourth-order valence-corrected chi connectivity index (χ4v) is 2.56. The lowest BCUT2D eigenvalue weighted by molar-refractivity contribution is -0.125. The van der Waals surface area contributed by atoms with Gasteiger partial charge in [0.2, 0.25) is 0 Å². The molecule has 1 aliphatic rings. The predicted molar refractivity (Wildman–Crippen MR) is 73.7 cm³/mol. The van der Waals surface area contributed by atoms with E-state index in [4.69, 9.17) is 0 Å². The first-order chi connectivity index (χ1) is 7.82. The van der Waals surface area contributed by atoms with Gasteiger partial charge in [-0.2, -0.15) is 0 Å². The van der Waals surface area contributed by atoms with E-state index in [0.29, 0.717) is 24.0 Å². The van der Waals surface area contributed by atoms with Crippen molar-refractivity contribution in [2.45, 2.75) is 66.2 Å². The van der Waals surface area contributed by atoms with Gasteiger partial charge in [-0.15, -0.1) is 0 Å². The Bertz CT molecular complexity index is 243. The molecule has 1 rings (SSSR count). The van der Waals surface area contributed by atoms with E-state index in [1.807, 2.05) is 0 Å². The minimum Gasteiger partial charge on any atom is -0.295 e. The second-order valence-corrected chi connectivity index (χ2v) is 6.94. The summed E-state index contributed by atoms with van der Waals surface area (Å²) in [6.45, 7) is 13.0. The fraction of sp³-hybridized carbons (Fsp3) is 0.875. The van der Waals surface area contributed by atoms with Crippen molar-refractivity contribution in [3.05, 3.63) is 6.92 Å². The molecule has 0 aromatic rings. The SMILES string of the molecule is [CH2+]C(C(=O)CC(C)C(C)(C)C)C1CCCCC1. The van der Waals surface area contributed by atoms with Crippen molar-refractivity contribution in [2.75, 3.05) is 0 Å². The van der Waals surface area contributed by atoms with E-state index in [0.717, 1.165) is 0 Å². The highest BCUT2D eigenvalue weighted by atomic mass is 16.1. The number of carbonyl (C=O) groups is 1. The molecule has 1 saturated carbocycles. The zero-order valence-electron chi connectivity index (χ0n) is 12.1. The van der Waals surface area contributed by atoms with Crippen LogP contribution in [0.5, 0.6) is 0 Å². The zero-order valence-corrected chi connectivity index (χ0v) is 12.1. The summed E-state index contributed by atoms with van der Waals surface area (Å²) < 4.78 is 0. The molecule has 0 amide bonds. The van der Waals surface area contributed by atoms with Crippen LogP contribution in [0.3, 0.4) is 0 Å². The first-order valence-corrected chi connectivity index (χ1v) is 7.18. The topological polar surface area (TPSA) is 17.1 Å². The fourth-order valence-electron chi connectivity index (χ4n) is 2.56. The second kappa shape index (κ2) is 5.93. The molecular weight excluding hydrogens is 208 g/mol. The third-order valence-corrected chi connectivity index (χ3v) is 4.62. The molecule has 0 aromatic carbocycles. The highest BCUT2D eigenvalue weighted by Gasteiger charge is 2.33. The Morgan fingerprint density at radius 1 is 1.24 bits per heavy atom. The molecule has 2 unspecified atom stereocenters. The van der Waals surface area contributed by atoms with Crippen LogP contribution in [0.1, 0.15) is 66.2 Å². The maximum Gasteiger partial charge on any atom is 0.180 e. The van der Waals surface area contributed by atoms with Gasteiger partial charge < -0.3 is 0 Å². The summed E-state index contributed by atoms with van der Waals surface area (Å²) in [5, 5.41) is 0. The highest BCUT2D eigenvalue weighted by Crippen LogP contribution is 2.34. The standard InChI is InChI=1S/C16H29O/c1-12(16(3,4)5)11-15(17)13(2)14-9-7-6-8-10-14/h12-14H,2,6-11H2,1,3-5H3/q+1. The molecule has 0 saturated heterocycles. The zero-order chi connectivity index (χ0) is 13.1. The summed E-state index contributed by atoms with van der Waals surface area (Å²) in [5.41, 5.74) is 0.224. The van der Waals surface area contributed by atoms with Gasteiger partial charge in [0, 0.05) is 12.3 Å². The first kappa shape index (κ1) is 14.6. The molecule has 98 valence electrons. The van der Waals surface area contributed by atoms with Gasteiger partial charge in [-0.3, -0.25) is 4.79 Å². The lowest BCUT2D eigenvalue weighted by Gasteiger charge is -2.28. The van der Waals surface area contributed by atoms with E-state index in [1.165, 1.54) is 32.1 Å². The van der Waals surface area contributed by atoms with Crippen LogP contribution in [-0.2, 0) is 4.79 Å². The molecule has 0 bridgehead atoms. The minimum atomic E-state index is 0.0418. The van der Waals surface area contributed by atoms with Crippen molar-refractivity contribution in [3.63, 3.8) is 0 Å². The van der Waals surface area contributed by atoms with Crippen LogP contribution in [0.15, 0.2) is 0 Å². The third-order valence-electron chi connectivity index (χ3n) is 4.62. The van der Waals surface area contributed by atoms with E-state index >= 15 is 0 Å². The Hall–Kier alpha value is -0.460. The maximum absolute atomic E-state index is 12.2.